The van der Waals surface area contributed by atoms with Crippen LogP contribution in [0.4, 0.5) is 0 Å². The van der Waals surface area contributed by atoms with Crippen LogP contribution in [0.1, 0.15) is 33.4 Å². The van der Waals surface area contributed by atoms with Crippen LogP contribution in [-0.4, -0.2) is 15.5 Å². The molecule has 4 aromatic rings. The molecule has 0 bridgehead atoms. The van der Waals surface area contributed by atoms with Crippen molar-refractivity contribution in [3.63, 3.8) is 0 Å². The molecule has 0 aliphatic carbocycles. The summed E-state index contributed by atoms with van der Waals surface area (Å²) >= 11 is 0. The highest BCUT2D eigenvalue weighted by molar-refractivity contribution is 5.97. The van der Waals surface area contributed by atoms with E-state index in [2.05, 4.69) is 10.3 Å². The molecule has 3 aromatic carbocycles. The maximum Gasteiger partial charge on any atom is 0.252 e. The van der Waals surface area contributed by atoms with Crippen molar-refractivity contribution in [2.24, 2.45) is 7.05 Å². The van der Waals surface area contributed by atoms with Crippen molar-refractivity contribution in [2.45, 2.75) is 13.0 Å². The maximum absolute atomic E-state index is 13.0. The van der Waals surface area contributed by atoms with Gasteiger partial charge in [-0.15, -0.1) is 0 Å². The highest BCUT2D eigenvalue weighted by Gasteiger charge is 2.18. The molecule has 4 heteroatoms. The standard InChI is InChI=1S/C23H21N3O/c1-16-24-20-15-19(13-14-21(20)26(16)2)23(27)25-22(17-9-5-3-6-10-17)18-11-7-4-8-12-18/h3-15,22H,1-2H3,(H,25,27). The largest absolute Gasteiger partial charge is 0.341 e. The molecule has 0 aliphatic rings. The van der Waals surface area contributed by atoms with Gasteiger partial charge in [0, 0.05) is 12.6 Å². The molecule has 0 saturated carbocycles. The normalized spacial score (nSPS) is 11.1. The lowest BCUT2D eigenvalue weighted by Gasteiger charge is -2.20. The van der Waals surface area contributed by atoms with Crippen LogP contribution >= 0.6 is 0 Å². The van der Waals surface area contributed by atoms with Gasteiger partial charge in [-0.2, -0.15) is 0 Å². The predicted octanol–water partition coefficient (Wildman–Crippen LogP) is 4.40. The number of amides is 1. The van der Waals surface area contributed by atoms with Crippen LogP contribution in [0.3, 0.4) is 0 Å². The van der Waals surface area contributed by atoms with Gasteiger partial charge in [0.15, 0.2) is 0 Å². The summed E-state index contributed by atoms with van der Waals surface area (Å²) in [5, 5.41) is 3.18. The molecule has 1 heterocycles. The molecule has 134 valence electrons. The maximum atomic E-state index is 13.0. The monoisotopic (exact) mass is 355 g/mol. The minimum atomic E-state index is -0.207. The van der Waals surface area contributed by atoms with E-state index in [1.54, 1.807) is 0 Å². The number of fused-ring (bicyclic) bond motifs is 1. The second kappa shape index (κ2) is 7.08. The zero-order valence-electron chi connectivity index (χ0n) is 15.4. The van der Waals surface area contributed by atoms with Gasteiger partial charge in [0.05, 0.1) is 17.1 Å². The van der Waals surface area contributed by atoms with E-state index in [1.165, 1.54) is 0 Å². The quantitative estimate of drug-likeness (QED) is 0.590. The number of aromatic nitrogens is 2. The summed E-state index contributed by atoms with van der Waals surface area (Å²) in [5.41, 5.74) is 4.56. The first-order chi connectivity index (χ1) is 13.1. The lowest BCUT2D eigenvalue weighted by Crippen LogP contribution is -2.29. The third kappa shape index (κ3) is 3.34. The van der Waals surface area contributed by atoms with Crippen molar-refractivity contribution in [2.75, 3.05) is 0 Å². The fourth-order valence-corrected chi connectivity index (χ4v) is 3.33. The van der Waals surface area contributed by atoms with Gasteiger partial charge in [-0.25, -0.2) is 4.98 Å². The molecule has 0 atom stereocenters. The van der Waals surface area contributed by atoms with E-state index in [1.807, 2.05) is 97.4 Å². The number of aryl methyl sites for hydroxylation is 2. The third-order valence-electron chi connectivity index (χ3n) is 4.91. The van der Waals surface area contributed by atoms with Crippen molar-refractivity contribution in [1.82, 2.24) is 14.9 Å². The van der Waals surface area contributed by atoms with Crippen molar-refractivity contribution >= 4 is 16.9 Å². The van der Waals surface area contributed by atoms with Gasteiger partial charge in [0.25, 0.3) is 5.91 Å². The Morgan fingerprint density at radius 2 is 1.52 bits per heavy atom. The number of hydrogen-bond acceptors (Lipinski definition) is 2. The topological polar surface area (TPSA) is 46.9 Å². The summed E-state index contributed by atoms with van der Waals surface area (Å²) < 4.78 is 2.02. The molecule has 1 amide bonds. The Bertz CT molecular complexity index is 1050. The minimum Gasteiger partial charge on any atom is -0.341 e. The van der Waals surface area contributed by atoms with E-state index in [4.69, 9.17) is 0 Å². The predicted molar refractivity (Wildman–Crippen MR) is 108 cm³/mol. The van der Waals surface area contributed by atoms with Crippen molar-refractivity contribution in [3.8, 4) is 0 Å². The van der Waals surface area contributed by atoms with Gasteiger partial charge in [-0.3, -0.25) is 4.79 Å². The van der Waals surface area contributed by atoms with Crippen LogP contribution in [0.5, 0.6) is 0 Å². The molecule has 0 aliphatic heterocycles. The van der Waals surface area contributed by atoms with Gasteiger partial charge in [0.1, 0.15) is 5.82 Å². The van der Waals surface area contributed by atoms with Gasteiger partial charge in [-0.05, 0) is 36.2 Å². The highest BCUT2D eigenvalue weighted by Crippen LogP contribution is 2.23. The van der Waals surface area contributed by atoms with Crippen LogP contribution in [0.25, 0.3) is 11.0 Å². The van der Waals surface area contributed by atoms with Crippen molar-refractivity contribution < 1.29 is 4.79 Å². The van der Waals surface area contributed by atoms with E-state index in [9.17, 15) is 4.79 Å². The molecular formula is C23H21N3O. The molecule has 1 aromatic heterocycles. The Hall–Kier alpha value is -3.40. The second-order valence-corrected chi connectivity index (χ2v) is 6.65. The van der Waals surface area contributed by atoms with E-state index in [-0.39, 0.29) is 11.9 Å². The number of imidazole rings is 1. The second-order valence-electron chi connectivity index (χ2n) is 6.65. The number of benzene rings is 3. The Morgan fingerprint density at radius 3 is 2.11 bits per heavy atom. The molecule has 27 heavy (non-hydrogen) atoms. The number of nitrogens with zero attached hydrogens (tertiary/aromatic N) is 2. The zero-order valence-corrected chi connectivity index (χ0v) is 15.4. The number of carbonyl (C=O) groups excluding carboxylic acids is 1. The molecule has 0 unspecified atom stereocenters. The summed E-state index contributed by atoms with van der Waals surface area (Å²) in [4.78, 5) is 17.5. The molecule has 4 rings (SSSR count). The van der Waals surface area contributed by atoms with E-state index in [0.29, 0.717) is 5.56 Å². The first-order valence-electron chi connectivity index (χ1n) is 8.97. The summed E-state index contributed by atoms with van der Waals surface area (Å²) in [6.45, 7) is 1.96. The number of hydrogen-bond donors (Lipinski definition) is 1. The van der Waals surface area contributed by atoms with Gasteiger partial charge >= 0.3 is 0 Å². The molecular weight excluding hydrogens is 334 g/mol. The van der Waals surface area contributed by atoms with Crippen molar-refractivity contribution in [1.29, 1.82) is 0 Å². The first-order valence-corrected chi connectivity index (χ1v) is 8.97. The Balaban J connectivity index is 1.68. The molecule has 0 spiro atoms. The zero-order chi connectivity index (χ0) is 18.8. The average molecular weight is 355 g/mol. The minimum absolute atomic E-state index is 0.113. The van der Waals surface area contributed by atoms with Gasteiger partial charge in [-0.1, -0.05) is 60.7 Å². The Morgan fingerprint density at radius 1 is 0.926 bits per heavy atom. The third-order valence-corrected chi connectivity index (χ3v) is 4.91. The van der Waals surface area contributed by atoms with Crippen LogP contribution in [0.2, 0.25) is 0 Å². The summed E-state index contributed by atoms with van der Waals surface area (Å²) in [6.07, 6.45) is 0. The fourth-order valence-electron chi connectivity index (χ4n) is 3.33. The van der Waals surface area contributed by atoms with Gasteiger partial charge in [0.2, 0.25) is 0 Å². The van der Waals surface area contributed by atoms with E-state index in [0.717, 1.165) is 28.0 Å². The lowest BCUT2D eigenvalue weighted by molar-refractivity contribution is 0.0943. The molecule has 0 fully saturated rings. The molecule has 0 saturated heterocycles. The molecule has 0 radical (unpaired) electrons. The van der Waals surface area contributed by atoms with E-state index < -0.39 is 0 Å². The van der Waals surface area contributed by atoms with E-state index >= 15 is 0 Å². The SMILES string of the molecule is Cc1nc2cc(C(=O)NC(c3ccccc3)c3ccccc3)ccc2n1C. The van der Waals surface area contributed by atoms with Crippen LogP contribution in [0.15, 0.2) is 78.9 Å². The highest BCUT2D eigenvalue weighted by atomic mass is 16.1. The summed E-state index contributed by atoms with van der Waals surface area (Å²) in [7, 11) is 1.98. The van der Waals surface area contributed by atoms with Crippen LogP contribution in [-0.2, 0) is 7.05 Å². The number of rotatable bonds is 4. The number of carbonyl (C=O) groups is 1. The first kappa shape index (κ1) is 17.0. The summed E-state index contributed by atoms with van der Waals surface area (Å²) in [5.74, 6) is 0.812. The average Bonchev–Trinajstić information content (AvgIpc) is 3.00. The Labute approximate surface area is 158 Å². The lowest BCUT2D eigenvalue weighted by atomic mass is 9.98. The molecule has 1 N–H and O–H groups in total. The summed E-state index contributed by atoms with van der Waals surface area (Å²) in [6, 6.07) is 25.5. The fraction of sp³-hybridized carbons (Fsp3) is 0.130. The van der Waals surface area contributed by atoms with Crippen LogP contribution in [0, 0.1) is 6.92 Å². The Kier molecular flexibility index (Phi) is 4.47. The van der Waals surface area contributed by atoms with Gasteiger partial charge < -0.3 is 9.88 Å². The number of nitrogens with one attached hydrogen (secondary N) is 1. The van der Waals surface area contributed by atoms with Crippen LogP contribution < -0.4 is 5.32 Å². The van der Waals surface area contributed by atoms with Crippen molar-refractivity contribution in [3.05, 3.63) is 101 Å². The molecule has 4 nitrogen and oxygen atoms in total. The smallest absolute Gasteiger partial charge is 0.252 e.